The van der Waals surface area contributed by atoms with Gasteiger partial charge in [-0.15, -0.1) is 11.3 Å². The van der Waals surface area contributed by atoms with E-state index in [4.69, 9.17) is 0 Å². The number of nitrogens with zero attached hydrogens (tertiary/aromatic N) is 3. The molecule has 0 saturated carbocycles. The number of rotatable bonds is 5. The highest BCUT2D eigenvalue weighted by molar-refractivity contribution is 7.09. The van der Waals surface area contributed by atoms with E-state index < -0.39 is 10.7 Å². The predicted molar refractivity (Wildman–Crippen MR) is 72.1 cm³/mol. The summed E-state index contributed by atoms with van der Waals surface area (Å²) in [7, 11) is 1.74. The first kappa shape index (κ1) is 13.4. The summed E-state index contributed by atoms with van der Waals surface area (Å²) in [6.07, 6.45) is 2.42. The van der Waals surface area contributed by atoms with Crippen molar-refractivity contribution < 1.29 is 9.31 Å². The number of hydrogen-bond acceptors (Lipinski definition) is 5. The van der Waals surface area contributed by atoms with Gasteiger partial charge in [-0.05, 0) is 12.1 Å². The Bertz CT molecular complexity index is 574. The molecule has 2 rings (SSSR count). The Labute approximate surface area is 113 Å². The highest BCUT2D eigenvalue weighted by atomic mass is 32.1. The Morgan fingerprint density at radius 3 is 2.95 bits per heavy atom. The maximum Gasteiger partial charge on any atom is 0.295 e. The maximum atomic E-state index is 13.0. The van der Waals surface area contributed by atoms with Gasteiger partial charge in [0.05, 0.1) is 16.0 Å². The van der Waals surface area contributed by atoms with E-state index in [0.29, 0.717) is 18.7 Å². The van der Waals surface area contributed by atoms with E-state index in [9.17, 15) is 14.5 Å². The monoisotopic (exact) mass is 281 g/mol. The van der Waals surface area contributed by atoms with Crippen LogP contribution in [0.25, 0.3) is 0 Å². The molecule has 0 aliphatic rings. The first-order valence-corrected chi connectivity index (χ1v) is 6.49. The van der Waals surface area contributed by atoms with Crippen LogP contribution < -0.4 is 4.90 Å². The largest absolute Gasteiger partial charge is 0.369 e. The fraction of sp³-hybridized carbons (Fsp3) is 0.250. The molecule has 0 unspecified atom stereocenters. The van der Waals surface area contributed by atoms with Crippen LogP contribution in [0.5, 0.6) is 0 Å². The lowest BCUT2D eigenvalue weighted by molar-refractivity contribution is -0.384. The van der Waals surface area contributed by atoms with E-state index in [2.05, 4.69) is 4.98 Å². The Morgan fingerprint density at radius 1 is 1.53 bits per heavy atom. The Balaban J connectivity index is 2.14. The summed E-state index contributed by atoms with van der Waals surface area (Å²) in [5.41, 5.74) is 0.185. The third kappa shape index (κ3) is 3.25. The second-order valence-corrected chi connectivity index (χ2v) is 4.97. The third-order valence-electron chi connectivity index (χ3n) is 2.69. The molecule has 0 radical (unpaired) electrons. The van der Waals surface area contributed by atoms with Crippen LogP contribution in [0.1, 0.15) is 5.01 Å². The normalized spacial score (nSPS) is 10.4. The molecule has 0 aliphatic heterocycles. The van der Waals surface area contributed by atoms with Crippen LogP contribution in [-0.2, 0) is 6.42 Å². The summed E-state index contributed by atoms with van der Waals surface area (Å²) in [5.74, 6) is -0.608. The van der Waals surface area contributed by atoms with Crippen LogP contribution in [0.15, 0.2) is 29.8 Å². The van der Waals surface area contributed by atoms with Crippen LogP contribution >= 0.6 is 11.3 Å². The first-order chi connectivity index (χ1) is 9.08. The van der Waals surface area contributed by atoms with Gasteiger partial charge in [0, 0.05) is 31.6 Å². The summed E-state index contributed by atoms with van der Waals surface area (Å²) >= 11 is 1.54. The molecule has 0 amide bonds. The molecular weight excluding hydrogens is 269 g/mol. The van der Waals surface area contributed by atoms with Crippen molar-refractivity contribution in [3.05, 3.63) is 50.7 Å². The van der Waals surface area contributed by atoms with Crippen LogP contribution in [0.2, 0.25) is 0 Å². The van der Waals surface area contributed by atoms with Gasteiger partial charge >= 0.3 is 0 Å². The smallest absolute Gasteiger partial charge is 0.295 e. The lowest BCUT2D eigenvalue weighted by Gasteiger charge is -2.18. The van der Waals surface area contributed by atoms with Crippen molar-refractivity contribution in [2.75, 3.05) is 18.5 Å². The van der Waals surface area contributed by atoms with Crippen molar-refractivity contribution in [1.29, 1.82) is 0 Å². The molecule has 7 heteroatoms. The van der Waals surface area contributed by atoms with E-state index in [1.54, 1.807) is 29.5 Å². The highest BCUT2D eigenvalue weighted by Crippen LogP contribution is 2.28. The maximum absolute atomic E-state index is 13.0. The number of nitro benzene ring substituents is 1. The highest BCUT2D eigenvalue weighted by Gasteiger charge is 2.18. The van der Waals surface area contributed by atoms with Crippen molar-refractivity contribution in [1.82, 2.24) is 4.98 Å². The molecule has 0 N–H and O–H groups in total. The summed E-state index contributed by atoms with van der Waals surface area (Å²) < 4.78 is 13.0. The number of likely N-dealkylation sites (N-methyl/N-ethyl adjacent to an activating group) is 1. The Hall–Kier alpha value is -2.02. The molecule has 1 aromatic heterocycles. The van der Waals surface area contributed by atoms with Gasteiger partial charge < -0.3 is 4.90 Å². The van der Waals surface area contributed by atoms with Gasteiger partial charge in [-0.2, -0.15) is 0 Å². The number of aromatic nitrogens is 1. The lowest BCUT2D eigenvalue weighted by atomic mass is 10.2. The van der Waals surface area contributed by atoms with Crippen LogP contribution in [0, 0.1) is 15.9 Å². The molecule has 0 aliphatic carbocycles. The minimum absolute atomic E-state index is 0.221. The van der Waals surface area contributed by atoms with E-state index in [1.165, 1.54) is 12.1 Å². The predicted octanol–water partition coefficient (Wildman–Crippen LogP) is 2.87. The third-order valence-corrected chi connectivity index (χ3v) is 3.53. The zero-order valence-corrected chi connectivity index (χ0v) is 11.1. The average molecular weight is 281 g/mol. The number of benzene rings is 1. The molecule has 100 valence electrons. The molecular formula is C12H12FN3O2S. The van der Waals surface area contributed by atoms with Gasteiger partial charge in [0.25, 0.3) is 5.69 Å². The van der Waals surface area contributed by atoms with Gasteiger partial charge in [0.2, 0.25) is 0 Å². The number of thiazole rings is 1. The second kappa shape index (κ2) is 5.75. The number of halogens is 1. The van der Waals surface area contributed by atoms with Crippen molar-refractivity contribution in [2.45, 2.75) is 6.42 Å². The summed E-state index contributed by atoms with van der Waals surface area (Å²) in [5, 5.41) is 13.8. The SMILES string of the molecule is CN(CCc1nccs1)c1ccc(F)cc1[N+](=O)[O-]. The van der Waals surface area contributed by atoms with Crippen LogP contribution in [0.3, 0.4) is 0 Å². The fourth-order valence-electron chi connectivity index (χ4n) is 1.73. The minimum Gasteiger partial charge on any atom is -0.369 e. The average Bonchev–Trinajstić information content (AvgIpc) is 2.88. The van der Waals surface area contributed by atoms with Gasteiger partial charge in [0.1, 0.15) is 11.5 Å². The van der Waals surface area contributed by atoms with Crippen molar-refractivity contribution in [3.8, 4) is 0 Å². The molecule has 0 fully saturated rings. The van der Waals surface area contributed by atoms with Gasteiger partial charge in [-0.25, -0.2) is 9.37 Å². The van der Waals surface area contributed by atoms with Gasteiger partial charge in [-0.1, -0.05) is 0 Å². The molecule has 0 bridgehead atoms. The quantitative estimate of drug-likeness (QED) is 0.624. The summed E-state index contributed by atoms with van der Waals surface area (Å²) in [6.45, 7) is 0.583. The Kier molecular flexibility index (Phi) is 4.06. The van der Waals surface area contributed by atoms with E-state index in [1.807, 2.05) is 5.38 Å². The second-order valence-electron chi connectivity index (χ2n) is 3.99. The summed E-state index contributed by atoms with van der Waals surface area (Å²) in [6, 6.07) is 3.59. The van der Waals surface area contributed by atoms with Crippen molar-refractivity contribution in [3.63, 3.8) is 0 Å². The molecule has 5 nitrogen and oxygen atoms in total. The molecule has 1 heterocycles. The van der Waals surface area contributed by atoms with Gasteiger partial charge in [0.15, 0.2) is 0 Å². The first-order valence-electron chi connectivity index (χ1n) is 5.61. The zero-order valence-electron chi connectivity index (χ0n) is 10.2. The molecule has 2 aromatic rings. The van der Waals surface area contributed by atoms with Gasteiger partial charge in [-0.3, -0.25) is 10.1 Å². The number of nitro groups is 1. The standard InChI is InChI=1S/C12H12FN3O2S/c1-15(6-4-12-14-5-7-19-12)10-3-2-9(13)8-11(10)16(17)18/h2-3,5,7-8H,4,6H2,1H3. The lowest BCUT2D eigenvalue weighted by Crippen LogP contribution is -2.21. The van der Waals surface area contributed by atoms with E-state index >= 15 is 0 Å². The molecule has 1 aromatic carbocycles. The van der Waals surface area contributed by atoms with Crippen molar-refractivity contribution >= 4 is 22.7 Å². The molecule has 0 spiro atoms. The number of anilines is 1. The minimum atomic E-state index is -0.608. The molecule has 0 atom stereocenters. The fourth-order valence-corrected chi connectivity index (χ4v) is 2.34. The van der Waals surface area contributed by atoms with Crippen LogP contribution in [-0.4, -0.2) is 23.5 Å². The van der Waals surface area contributed by atoms with E-state index in [0.717, 1.165) is 11.1 Å². The molecule has 19 heavy (non-hydrogen) atoms. The zero-order chi connectivity index (χ0) is 13.8. The summed E-state index contributed by atoms with van der Waals surface area (Å²) in [4.78, 5) is 16.2. The number of hydrogen-bond donors (Lipinski definition) is 0. The van der Waals surface area contributed by atoms with E-state index in [-0.39, 0.29) is 5.69 Å². The Morgan fingerprint density at radius 2 is 2.32 bits per heavy atom. The molecule has 0 saturated heterocycles. The van der Waals surface area contributed by atoms with Crippen molar-refractivity contribution in [2.24, 2.45) is 0 Å². The van der Waals surface area contributed by atoms with Crippen LogP contribution in [0.4, 0.5) is 15.8 Å². The topological polar surface area (TPSA) is 59.3 Å².